The molecule has 0 bridgehead atoms. The van der Waals surface area contributed by atoms with Crippen LogP contribution >= 0.6 is 11.6 Å². The molecule has 0 aromatic carbocycles. The minimum atomic E-state index is -2.76. The summed E-state index contributed by atoms with van der Waals surface area (Å²) in [7, 11) is 0. The second-order valence-corrected chi connectivity index (χ2v) is 9.56. The van der Waals surface area contributed by atoms with Crippen molar-refractivity contribution in [3.8, 4) is 5.82 Å². The largest absolute Gasteiger partial charge is 0.333 e. The molecule has 4 aromatic heterocycles. The summed E-state index contributed by atoms with van der Waals surface area (Å²) in [6, 6.07) is 4.97. The predicted molar refractivity (Wildman–Crippen MR) is 149 cm³/mol. The molecule has 14 heteroatoms. The molecule has 1 atom stereocenters. The van der Waals surface area contributed by atoms with Crippen LogP contribution in [0.25, 0.3) is 12.0 Å². The van der Waals surface area contributed by atoms with Gasteiger partial charge >= 0.3 is 6.55 Å². The number of hydrogen-bond acceptors (Lipinski definition) is 7. The Morgan fingerprint density at radius 2 is 1.90 bits per heavy atom. The fourth-order valence-electron chi connectivity index (χ4n) is 4.14. The van der Waals surface area contributed by atoms with Crippen molar-refractivity contribution in [2.24, 2.45) is 4.99 Å². The number of aryl methyl sites for hydroxylation is 3. The number of pyridine rings is 1. The smallest absolute Gasteiger partial charge is 0.267 e. The van der Waals surface area contributed by atoms with Gasteiger partial charge in [-0.15, -0.1) is 5.10 Å². The molecule has 4 heterocycles. The molecule has 41 heavy (non-hydrogen) atoms. The molecule has 214 valence electrons. The summed E-state index contributed by atoms with van der Waals surface area (Å²) in [6.07, 6.45) is 6.80. The van der Waals surface area contributed by atoms with Gasteiger partial charge in [0.05, 0.1) is 23.8 Å². The molecular formula is C27H27ClF3N9O. The number of alkyl halides is 2. The number of rotatable bonds is 9. The molecule has 0 aliphatic rings. The zero-order valence-electron chi connectivity index (χ0n) is 22.9. The van der Waals surface area contributed by atoms with E-state index < -0.39 is 23.9 Å². The SMILES string of the molecule is C/C=C/N=C(/C(F)=C/n1c(C)nc(C(C)Cc2cnn(C(F)F)c2)c(Cl)c1=O)c1cccc(-n2nc(C)nc2C)n1. The first-order valence-corrected chi connectivity index (χ1v) is 12.9. The zero-order valence-corrected chi connectivity index (χ0v) is 23.7. The lowest BCUT2D eigenvalue weighted by molar-refractivity contribution is 0.0565. The first-order valence-electron chi connectivity index (χ1n) is 12.5. The lowest BCUT2D eigenvalue weighted by Gasteiger charge is -2.15. The number of nitrogens with zero attached hydrogens (tertiary/aromatic N) is 9. The van der Waals surface area contributed by atoms with E-state index >= 15 is 4.39 Å². The molecule has 0 aliphatic carbocycles. The molecule has 0 N–H and O–H groups in total. The van der Waals surface area contributed by atoms with Gasteiger partial charge in [0.2, 0.25) is 0 Å². The molecule has 4 rings (SSSR count). The second kappa shape index (κ2) is 12.4. The number of halogens is 4. The highest BCUT2D eigenvalue weighted by Crippen LogP contribution is 2.25. The average Bonchev–Trinajstić information content (AvgIpc) is 3.54. The van der Waals surface area contributed by atoms with E-state index in [0.717, 1.165) is 10.8 Å². The summed E-state index contributed by atoms with van der Waals surface area (Å²) >= 11 is 6.40. The van der Waals surface area contributed by atoms with Crippen molar-refractivity contribution < 1.29 is 13.2 Å². The molecule has 0 fully saturated rings. The van der Waals surface area contributed by atoms with Gasteiger partial charge < -0.3 is 0 Å². The molecule has 0 radical (unpaired) electrons. The van der Waals surface area contributed by atoms with Gasteiger partial charge in [-0.05, 0) is 51.8 Å². The van der Waals surface area contributed by atoms with Crippen LogP contribution in [0.1, 0.15) is 60.7 Å². The van der Waals surface area contributed by atoms with Crippen molar-refractivity contribution >= 4 is 23.5 Å². The van der Waals surface area contributed by atoms with Crippen LogP contribution in [0.3, 0.4) is 0 Å². The molecule has 0 amide bonds. The molecule has 1 unspecified atom stereocenters. The first-order chi connectivity index (χ1) is 19.5. The Kier molecular flexibility index (Phi) is 8.96. The number of hydrogen-bond donors (Lipinski definition) is 0. The number of allylic oxidation sites excluding steroid dienone is 2. The maximum Gasteiger partial charge on any atom is 0.333 e. The Hall–Kier alpha value is -4.39. The standard InChI is InChI=1S/C27H27ClF3N9O/c1-6-10-32-25(21-8-7-9-22(36-21)40-18(5)34-16(3)37-40)20(29)14-38-17(4)35-24(23(28)26(38)41)15(2)11-19-12-33-39(13-19)27(30)31/h6-10,12-15,27H,11H2,1-5H3/b10-6+,20-14-,32-25-. The fraction of sp³-hybridized carbons (Fsp3) is 0.296. The van der Waals surface area contributed by atoms with Gasteiger partial charge in [-0.2, -0.15) is 18.6 Å². The third-order valence-electron chi connectivity index (χ3n) is 6.02. The summed E-state index contributed by atoms with van der Waals surface area (Å²) in [5.74, 6) is 0.481. The van der Waals surface area contributed by atoms with Crippen molar-refractivity contribution in [1.29, 1.82) is 0 Å². The Morgan fingerprint density at radius 1 is 1.15 bits per heavy atom. The zero-order chi connectivity index (χ0) is 29.8. The molecule has 10 nitrogen and oxygen atoms in total. The van der Waals surface area contributed by atoms with E-state index in [1.807, 2.05) is 0 Å². The van der Waals surface area contributed by atoms with Gasteiger partial charge in [0.15, 0.2) is 11.6 Å². The van der Waals surface area contributed by atoms with E-state index in [1.165, 1.54) is 30.2 Å². The normalized spacial score (nSPS) is 13.5. The minimum absolute atomic E-state index is 0.129. The van der Waals surface area contributed by atoms with Gasteiger partial charge in [-0.1, -0.05) is 30.7 Å². The van der Waals surface area contributed by atoms with Crippen molar-refractivity contribution in [3.63, 3.8) is 0 Å². The molecular weight excluding hydrogens is 559 g/mol. The summed E-state index contributed by atoms with van der Waals surface area (Å²) in [5, 5.41) is 7.74. The number of aliphatic imine (C=N–C) groups is 1. The Labute approximate surface area is 238 Å². The van der Waals surface area contributed by atoms with Gasteiger partial charge in [0, 0.05) is 18.3 Å². The Morgan fingerprint density at radius 3 is 2.54 bits per heavy atom. The average molecular weight is 586 g/mol. The van der Waals surface area contributed by atoms with Crippen LogP contribution in [-0.2, 0) is 6.42 Å². The van der Waals surface area contributed by atoms with Crippen molar-refractivity contribution in [2.75, 3.05) is 0 Å². The maximum absolute atomic E-state index is 15.8. The molecule has 0 aliphatic heterocycles. The highest BCUT2D eigenvalue weighted by Gasteiger charge is 2.21. The summed E-state index contributed by atoms with van der Waals surface area (Å²) < 4.78 is 44.6. The Balaban J connectivity index is 1.70. The van der Waals surface area contributed by atoms with Crippen LogP contribution in [0.5, 0.6) is 0 Å². The molecule has 0 spiro atoms. The summed E-state index contributed by atoms with van der Waals surface area (Å²) in [4.78, 5) is 30.7. The topological polar surface area (TPSA) is 109 Å². The van der Waals surface area contributed by atoms with Gasteiger partial charge in [-0.25, -0.2) is 24.0 Å². The highest BCUT2D eigenvalue weighted by atomic mass is 35.5. The summed E-state index contributed by atoms with van der Waals surface area (Å²) in [6.45, 7) is 5.78. The van der Waals surface area contributed by atoms with Crippen LogP contribution in [-0.4, -0.2) is 44.8 Å². The van der Waals surface area contributed by atoms with Gasteiger partial charge in [0.25, 0.3) is 5.56 Å². The molecule has 4 aromatic rings. The third kappa shape index (κ3) is 6.51. The van der Waals surface area contributed by atoms with Crippen molar-refractivity contribution in [2.45, 2.75) is 53.5 Å². The highest BCUT2D eigenvalue weighted by molar-refractivity contribution is 6.31. The van der Waals surface area contributed by atoms with E-state index in [-0.39, 0.29) is 34.4 Å². The van der Waals surface area contributed by atoms with E-state index in [2.05, 4.69) is 30.1 Å². The predicted octanol–water partition coefficient (Wildman–Crippen LogP) is 5.53. The van der Waals surface area contributed by atoms with E-state index in [0.29, 0.717) is 27.7 Å². The maximum atomic E-state index is 15.8. The van der Waals surface area contributed by atoms with Gasteiger partial charge in [0.1, 0.15) is 28.2 Å². The lowest BCUT2D eigenvalue weighted by atomic mass is 10.00. The van der Waals surface area contributed by atoms with Crippen LogP contribution in [0, 0.1) is 20.8 Å². The first kappa shape index (κ1) is 29.6. The van der Waals surface area contributed by atoms with Gasteiger partial charge in [-0.3, -0.25) is 14.4 Å². The summed E-state index contributed by atoms with van der Waals surface area (Å²) in [5.41, 5.74) is 0.163. The van der Waals surface area contributed by atoms with Crippen LogP contribution < -0.4 is 5.56 Å². The monoisotopic (exact) mass is 585 g/mol. The van der Waals surface area contributed by atoms with Crippen molar-refractivity contribution in [3.05, 3.63) is 98.5 Å². The van der Waals surface area contributed by atoms with E-state index in [4.69, 9.17) is 11.6 Å². The Bertz CT molecular complexity index is 1720. The van der Waals surface area contributed by atoms with Crippen LogP contribution in [0.15, 0.2) is 58.5 Å². The van der Waals surface area contributed by atoms with E-state index in [1.54, 1.807) is 52.0 Å². The van der Waals surface area contributed by atoms with Crippen LogP contribution in [0.4, 0.5) is 13.2 Å². The molecule has 0 saturated heterocycles. The second-order valence-electron chi connectivity index (χ2n) is 9.18. The van der Waals surface area contributed by atoms with E-state index in [9.17, 15) is 13.6 Å². The van der Waals surface area contributed by atoms with Crippen molar-refractivity contribution in [1.82, 2.24) is 39.1 Å². The number of aromatic nitrogens is 8. The lowest BCUT2D eigenvalue weighted by Crippen LogP contribution is -2.24. The fourth-order valence-corrected chi connectivity index (χ4v) is 4.46. The third-order valence-corrected chi connectivity index (χ3v) is 6.37. The minimum Gasteiger partial charge on any atom is -0.267 e. The quantitative estimate of drug-likeness (QED) is 0.239. The molecule has 0 saturated carbocycles. The van der Waals surface area contributed by atoms with Crippen LogP contribution in [0.2, 0.25) is 5.02 Å².